The molecule has 1 aliphatic carbocycles. The highest BCUT2D eigenvalue weighted by Crippen LogP contribution is 2.46. The smallest absolute Gasteiger partial charge is 0.269 e. The van der Waals surface area contributed by atoms with Crippen molar-refractivity contribution in [3.8, 4) is 28.4 Å². The molecule has 7 N–H and O–H groups in total. The fourth-order valence-electron chi connectivity index (χ4n) is 3.43. The number of carbonyl (C=O) groups is 1. The van der Waals surface area contributed by atoms with Crippen LogP contribution in [0.1, 0.15) is 24.8 Å². The molecule has 30 heavy (non-hydrogen) atoms. The lowest BCUT2D eigenvalue weighted by molar-refractivity contribution is -0.118. The monoisotopic (exact) mass is 412 g/mol. The predicted octanol–water partition coefficient (Wildman–Crippen LogP) is 2.22. The summed E-state index contributed by atoms with van der Waals surface area (Å²) < 4.78 is 16.4. The zero-order valence-electron chi connectivity index (χ0n) is 17.5. The van der Waals surface area contributed by atoms with Gasteiger partial charge in [0.2, 0.25) is 5.75 Å². The summed E-state index contributed by atoms with van der Waals surface area (Å²) in [5.41, 5.74) is 21.0. The van der Waals surface area contributed by atoms with E-state index < -0.39 is 0 Å². The Labute approximate surface area is 176 Å². The van der Waals surface area contributed by atoms with E-state index in [4.69, 9.17) is 31.4 Å². The third kappa shape index (κ3) is 3.80. The summed E-state index contributed by atoms with van der Waals surface area (Å²) in [6.45, 7) is 0. The molecule has 3 rings (SSSR count). The summed E-state index contributed by atoms with van der Waals surface area (Å²) in [7, 11) is 4.62. The van der Waals surface area contributed by atoms with E-state index in [1.807, 2.05) is 12.1 Å². The van der Waals surface area contributed by atoms with Crippen LogP contribution in [0, 0.1) is 0 Å². The molecule has 0 bridgehead atoms. The second-order valence-corrected chi connectivity index (χ2v) is 7.08. The first-order valence-corrected chi connectivity index (χ1v) is 9.67. The Hall–Kier alpha value is -3.55. The lowest BCUT2D eigenvalue weighted by Crippen LogP contribution is -2.42. The summed E-state index contributed by atoms with van der Waals surface area (Å²) in [6, 6.07) is 9.10. The van der Waals surface area contributed by atoms with Gasteiger partial charge in [-0.2, -0.15) is 0 Å². The molecule has 2 aromatic rings. The number of benzene rings is 2. The van der Waals surface area contributed by atoms with Crippen LogP contribution in [0.25, 0.3) is 16.8 Å². The Kier molecular flexibility index (Phi) is 6.25. The molecule has 1 saturated carbocycles. The van der Waals surface area contributed by atoms with Gasteiger partial charge >= 0.3 is 0 Å². The SMILES string of the molecule is COc1ccc(-c2cccc(/C(N)=C(\N)C(=O)NC3CCC3)c2N)c(OC)c1OC. The predicted molar refractivity (Wildman–Crippen MR) is 117 cm³/mol. The van der Waals surface area contributed by atoms with Crippen molar-refractivity contribution in [3.05, 3.63) is 41.6 Å². The first kappa shape index (κ1) is 21.2. The first-order chi connectivity index (χ1) is 14.4. The van der Waals surface area contributed by atoms with Crippen molar-refractivity contribution in [2.24, 2.45) is 11.5 Å². The number of hydrogen-bond acceptors (Lipinski definition) is 7. The third-order valence-corrected chi connectivity index (χ3v) is 5.37. The average molecular weight is 412 g/mol. The Morgan fingerprint density at radius 3 is 2.23 bits per heavy atom. The van der Waals surface area contributed by atoms with Gasteiger partial charge < -0.3 is 36.7 Å². The lowest BCUT2D eigenvalue weighted by atomic mass is 9.93. The highest BCUT2D eigenvalue weighted by atomic mass is 16.5. The van der Waals surface area contributed by atoms with Gasteiger partial charge in [0, 0.05) is 28.4 Å². The van der Waals surface area contributed by atoms with Gasteiger partial charge in [-0.05, 0) is 31.4 Å². The molecule has 0 aromatic heterocycles. The Morgan fingerprint density at radius 2 is 1.67 bits per heavy atom. The van der Waals surface area contributed by atoms with Crippen molar-refractivity contribution in [1.29, 1.82) is 0 Å². The quantitative estimate of drug-likeness (QED) is 0.404. The number of methoxy groups -OCH3 is 3. The van der Waals surface area contributed by atoms with Crippen molar-refractivity contribution in [1.82, 2.24) is 5.32 Å². The van der Waals surface area contributed by atoms with Crippen LogP contribution in [0.15, 0.2) is 36.0 Å². The van der Waals surface area contributed by atoms with E-state index in [0.717, 1.165) is 19.3 Å². The van der Waals surface area contributed by atoms with E-state index in [-0.39, 0.29) is 23.3 Å². The summed E-state index contributed by atoms with van der Waals surface area (Å²) in [5.74, 6) is 1.07. The highest BCUT2D eigenvalue weighted by Gasteiger charge is 2.23. The molecule has 8 nitrogen and oxygen atoms in total. The van der Waals surface area contributed by atoms with E-state index in [9.17, 15) is 4.79 Å². The summed E-state index contributed by atoms with van der Waals surface area (Å²) in [5, 5.41) is 2.89. The van der Waals surface area contributed by atoms with E-state index >= 15 is 0 Å². The maximum atomic E-state index is 12.4. The lowest BCUT2D eigenvalue weighted by Gasteiger charge is -2.26. The minimum Gasteiger partial charge on any atom is -0.493 e. The van der Waals surface area contributed by atoms with Gasteiger partial charge in [0.1, 0.15) is 5.70 Å². The van der Waals surface area contributed by atoms with Crippen molar-refractivity contribution in [2.45, 2.75) is 25.3 Å². The number of carbonyl (C=O) groups excluding carboxylic acids is 1. The maximum absolute atomic E-state index is 12.4. The van der Waals surface area contributed by atoms with Crippen LogP contribution in [0.3, 0.4) is 0 Å². The molecule has 0 unspecified atom stereocenters. The topological polar surface area (TPSA) is 135 Å². The number of hydrogen-bond donors (Lipinski definition) is 4. The van der Waals surface area contributed by atoms with E-state index in [1.165, 1.54) is 14.2 Å². The Balaban J connectivity index is 2.05. The number of nitrogen functional groups attached to an aromatic ring is 1. The minimum absolute atomic E-state index is 0.0509. The zero-order chi connectivity index (χ0) is 21.8. The number of nitrogens with two attached hydrogens (primary N) is 3. The van der Waals surface area contributed by atoms with E-state index in [0.29, 0.717) is 39.6 Å². The molecule has 0 saturated heterocycles. The van der Waals surface area contributed by atoms with Gasteiger partial charge in [0.25, 0.3) is 5.91 Å². The number of ether oxygens (including phenoxy) is 3. The third-order valence-electron chi connectivity index (χ3n) is 5.37. The van der Waals surface area contributed by atoms with Crippen LogP contribution in [0.4, 0.5) is 5.69 Å². The van der Waals surface area contributed by atoms with Crippen molar-refractivity contribution >= 4 is 17.3 Å². The van der Waals surface area contributed by atoms with Crippen LogP contribution in [0.2, 0.25) is 0 Å². The number of rotatable bonds is 7. The largest absolute Gasteiger partial charge is 0.493 e. The van der Waals surface area contributed by atoms with Crippen LogP contribution in [0.5, 0.6) is 17.2 Å². The zero-order valence-corrected chi connectivity index (χ0v) is 17.5. The van der Waals surface area contributed by atoms with E-state index in [2.05, 4.69) is 5.32 Å². The van der Waals surface area contributed by atoms with Gasteiger partial charge in [-0.15, -0.1) is 0 Å². The molecule has 0 aliphatic heterocycles. The number of amides is 1. The molecule has 8 heteroatoms. The van der Waals surface area contributed by atoms with Gasteiger partial charge in [-0.3, -0.25) is 4.79 Å². The molecular weight excluding hydrogens is 384 g/mol. The second kappa shape index (κ2) is 8.86. The number of anilines is 1. The van der Waals surface area contributed by atoms with Crippen molar-refractivity contribution in [2.75, 3.05) is 27.1 Å². The van der Waals surface area contributed by atoms with Crippen molar-refractivity contribution < 1.29 is 19.0 Å². The van der Waals surface area contributed by atoms with Crippen LogP contribution < -0.4 is 36.7 Å². The molecule has 1 amide bonds. The van der Waals surface area contributed by atoms with Crippen LogP contribution >= 0.6 is 0 Å². The summed E-state index contributed by atoms with van der Waals surface area (Å²) in [4.78, 5) is 12.4. The standard InChI is InChI=1S/C22H28N4O4/c1-28-16-11-10-14(20(29-2)21(16)30-3)13-8-5-9-15(17(13)23)18(24)19(25)22(27)26-12-6-4-7-12/h5,8-12H,4,6-7,23-25H2,1-3H3,(H,26,27)/b19-18+. The fourth-order valence-corrected chi connectivity index (χ4v) is 3.43. The van der Waals surface area contributed by atoms with Crippen LogP contribution in [-0.4, -0.2) is 33.3 Å². The summed E-state index contributed by atoms with van der Waals surface area (Å²) >= 11 is 0. The molecule has 1 aliphatic rings. The molecule has 0 spiro atoms. The van der Waals surface area contributed by atoms with Gasteiger partial charge in [-0.25, -0.2) is 0 Å². The van der Waals surface area contributed by atoms with Gasteiger partial charge in [0.05, 0.1) is 27.0 Å². The Bertz CT molecular complexity index is 983. The highest BCUT2D eigenvalue weighted by molar-refractivity contribution is 6.02. The van der Waals surface area contributed by atoms with Gasteiger partial charge in [-0.1, -0.05) is 18.2 Å². The molecule has 0 heterocycles. The molecule has 160 valence electrons. The first-order valence-electron chi connectivity index (χ1n) is 9.67. The molecule has 0 radical (unpaired) electrons. The minimum atomic E-state index is -0.384. The summed E-state index contributed by atoms with van der Waals surface area (Å²) in [6.07, 6.45) is 3.01. The number of nitrogens with one attached hydrogen (secondary N) is 1. The fraction of sp³-hybridized carbons (Fsp3) is 0.318. The number of para-hydroxylation sites is 1. The average Bonchev–Trinajstić information content (AvgIpc) is 2.74. The van der Waals surface area contributed by atoms with E-state index in [1.54, 1.807) is 25.3 Å². The van der Waals surface area contributed by atoms with Crippen molar-refractivity contribution in [3.63, 3.8) is 0 Å². The normalized spacial score (nSPS) is 14.4. The van der Waals surface area contributed by atoms with Gasteiger partial charge in [0.15, 0.2) is 11.5 Å². The molecule has 0 atom stereocenters. The molecular formula is C22H28N4O4. The van der Waals surface area contributed by atoms with Crippen LogP contribution in [-0.2, 0) is 4.79 Å². The maximum Gasteiger partial charge on any atom is 0.269 e. The molecule has 1 fully saturated rings. The second-order valence-electron chi connectivity index (χ2n) is 7.08. The Morgan fingerprint density at radius 1 is 0.967 bits per heavy atom. The molecule has 2 aromatic carbocycles.